The van der Waals surface area contributed by atoms with Crippen molar-refractivity contribution >= 4 is 5.69 Å². The maximum atomic E-state index is 13.7. The number of fused-ring (bicyclic) bond motifs is 1. The van der Waals surface area contributed by atoms with Crippen molar-refractivity contribution in [3.05, 3.63) is 40.6 Å². The van der Waals surface area contributed by atoms with Crippen LogP contribution in [0.3, 0.4) is 0 Å². The first-order chi connectivity index (χ1) is 6.93. The number of hydrogen-bond donors (Lipinski definition) is 1. The normalized spacial score (nSPS) is 17.1. The highest BCUT2D eigenvalue weighted by molar-refractivity contribution is 5.67. The molecule has 0 aliphatic carbocycles. The summed E-state index contributed by atoms with van der Waals surface area (Å²) in [7, 11) is 0. The molecule has 1 aromatic carbocycles. The molecular formula is C12H13F2N. The van der Waals surface area contributed by atoms with Gasteiger partial charge in [0.25, 0.3) is 5.92 Å². The molecule has 0 bridgehead atoms. The van der Waals surface area contributed by atoms with Crippen molar-refractivity contribution in [1.29, 1.82) is 0 Å². The number of rotatable bonds is 0. The van der Waals surface area contributed by atoms with Crippen LogP contribution in [-0.2, 0) is 5.92 Å². The molecule has 1 aliphatic heterocycles. The minimum absolute atomic E-state index is 0.113. The Kier molecular flexibility index (Phi) is 2.07. The fraction of sp³-hybridized carbons (Fsp3) is 0.333. The van der Waals surface area contributed by atoms with Crippen molar-refractivity contribution in [3.63, 3.8) is 0 Å². The molecule has 1 aromatic rings. The van der Waals surface area contributed by atoms with Gasteiger partial charge in [-0.2, -0.15) is 8.78 Å². The number of halogens is 2. The van der Waals surface area contributed by atoms with Gasteiger partial charge < -0.3 is 5.32 Å². The average molecular weight is 209 g/mol. The summed E-state index contributed by atoms with van der Waals surface area (Å²) in [5.74, 6) is -2.86. The van der Waals surface area contributed by atoms with E-state index in [-0.39, 0.29) is 5.56 Å². The van der Waals surface area contributed by atoms with Crippen molar-refractivity contribution in [1.82, 2.24) is 0 Å². The second kappa shape index (κ2) is 3.05. The van der Waals surface area contributed by atoms with Crippen molar-refractivity contribution in [2.45, 2.75) is 26.7 Å². The first kappa shape index (κ1) is 10.1. The zero-order chi connectivity index (χ0) is 11.2. The zero-order valence-electron chi connectivity index (χ0n) is 8.99. The number of aryl methyl sites for hydroxylation is 2. The molecule has 15 heavy (non-hydrogen) atoms. The Hall–Kier alpha value is -1.38. The second-order valence-electron chi connectivity index (χ2n) is 3.99. The molecule has 0 fully saturated rings. The van der Waals surface area contributed by atoms with Gasteiger partial charge in [-0.05, 0) is 37.5 Å². The van der Waals surface area contributed by atoms with Crippen molar-refractivity contribution in [3.8, 4) is 0 Å². The van der Waals surface area contributed by atoms with Gasteiger partial charge in [-0.15, -0.1) is 0 Å². The molecule has 0 radical (unpaired) electrons. The smallest absolute Gasteiger partial charge is 0.295 e. The first-order valence-electron chi connectivity index (χ1n) is 4.87. The molecule has 1 aliphatic rings. The third-order valence-electron chi connectivity index (χ3n) is 2.90. The molecule has 0 amide bonds. The predicted molar refractivity (Wildman–Crippen MR) is 57.3 cm³/mol. The van der Waals surface area contributed by atoms with Crippen LogP contribution in [0, 0.1) is 20.8 Å². The van der Waals surface area contributed by atoms with Gasteiger partial charge in [0, 0.05) is 12.3 Å². The Bertz CT molecular complexity index is 447. The van der Waals surface area contributed by atoms with Gasteiger partial charge in [0.05, 0.1) is 11.3 Å². The average Bonchev–Trinajstić information content (AvgIpc) is 2.13. The topological polar surface area (TPSA) is 12.0 Å². The molecule has 2 rings (SSSR count). The third kappa shape index (κ3) is 1.42. The fourth-order valence-electron chi connectivity index (χ4n) is 2.00. The molecule has 0 saturated carbocycles. The van der Waals surface area contributed by atoms with E-state index in [1.54, 1.807) is 6.92 Å². The van der Waals surface area contributed by atoms with E-state index in [1.807, 2.05) is 19.9 Å². The minimum atomic E-state index is -2.86. The molecule has 1 N–H and O–H groups in total. The van der Waals surface area contributed by atoms with Crippen LogP contribution >= 0.6 is 0 Å². The highest BCUT2D eigenvalue weighted by atomic mass is 19.3. The number of hydrogen-bond acceptors (Lipinski definition) is 1. The Morgan fingerprint density at radius 2 is 1.80 bits per heavy atom. The van der Waals surface area contributed by atoms with E-state index in [2.05, 4.69) is 5.32 Å². The summed E-state index contributed by atoms with van der Waals surface area (Å²) in [5, 5.41) is 2.89. The van der Waals surface area contributed by atoms with Crippen LogP contribution in [0.1, 0.15) is 22.3 Å². The van der Waals surface area contributed by atoms with E-state index >= 15 is 0 Å². The molecule has 0 aromatic heterocycles. The van der Waals surface area contributed by atoms with Crippen LogP contribution in [-0.4, -0.2) is 0 Å². The molecular weight excluding hydrogens is 196 g/mol. The van der Waals surface area contributed by atoms with E-state index in [9.17, 15) is 8.78 Å². The van der Waals surface area contributed by atoms with Crippen LogP contribution in [0.2, 0.25) is 0 Å². The Labute approximate surface area is 87.8 Å². The monoisotopic (exact) mass is 209 g/mol. The van der Waals surface area contributed by atoms with Crippen molar-refractivity contribution in [2.75, 3.05) is 5.32 Å². The maximum absolute atomic E-state index is 13.7. The Morgan fingerprint density at radius 3 is 2.47 bits per heavy atom. The SMILES string of the molecule is Cc1cc(C)c2c(c1C)C(F)(F)C=CN2. The standard InChI is InChI=1S/C12H13F2N/c1-7-6-8(2)11-10(9(7)3)12(13,14)4-5-15-11/h4-6,15H,1-3H3. The number of benzene rings is 1. The predicted octanol–water partition coefficient (Wildman–Crippen LogP) is 3.64. The van der Waals surface area contributed by atoms with Gasteiger partial charge >= 0.3 is 0 Å². The molecule has 3 heteroatoms. The molecule has 0 atom stereocenters. The van der Waals surface area contributed by atoms with E-state index in [1.165, 1.54) is 6.20 Å². The molecule has 1 heterocycles. The van der Waals surface area contributed by atoms with Gasteiger partial charge in [-0.1, -0.05) is 6.07 Å². The number of allylic oxidation sites excluding steroid dienone is 1. The largest absolute Gasteiger partial charge is 0.361 e. The number of alkyl halides is 2. The zero-order valence-corrected chi connectivity index (χ0v) is 8.99. The lowest BCUT2D eigenvalue weighted by molar-refractivity contribution is 0.0508. The van der Waals surface area contributed by atoms with Gasteiger partial charge in [-0.25, -0.2) is 0 Å². The lowest BCUT2D eigenvalue weighted by atomic mass is 9.91. The van der Waals surface area contributed by atoms with Gasteiger partial charge in [0.1, 0.15) is 0 Å². The Morgan fingerprint density at radius 1 is 1.13 bits per heavy atom. The number of anilines is 1. The van der Waals surface area contributed by atoms with Crippen LogP contribution in [0.15, 0.2) is 18.3 Å². The maximum Gasteiger partial charge on any atom is 0.295 e. The van der Waals surface area contributed by atoms with Gasteiger partial charge in [-0.3, -0.25) is 0 Å². The van der Waals surface area contributed by atoms with Crippen LogP contribution in [0.5, 0.6) is 0 Å². The van der Waals surface area contributed by atoms with Gasteiger partial charge in [0.2, 0.25) is 0 Å². The lowest BCUT2D eigenvalue weighted by Crippen LogP contribution is -2.20. The molecule has 0 spiro atoms. The van der Waals surface area contributed by atoms with Crippen molar-refractivity contribution in [2.24, 2.45) is 0 Å². The minimum Gasteiger partial charge on any atom is -0.361 e. The molecule has 1 nitrogen and oxygen atoms in total. The summed E-state index contributed by atoms with van der Waals surface area (Å²) in [6, 6.07) is 1.93. The quantitative estimate of drug-likeness (QED) is 0.687. The van der Waals surface area contributed by atoms with E-state index < -0.39 is 5.92 Å². The van der Waals surface area contributed by atoms with E-state index in [4.69, 9.17) is 0 Å². The van der Waals surface area contributed by atoms with E-state index in [0.717, 1.165) is 17.2 Å². The number of nitrogens with one attached hydrogen (secondary N) is 1. The summed E-state index contributed by atoms with van der Waals surface area (Å²) >= 11 is 0. The van der Waals surface area contributed by atoms with Crippen LogP contribution in [0.25, 0.3) is 0 Å². The highest BCUT2D eigenvalue weighted by Crippen LogP contribution is 2.42. The van der Waals surface area contributed by atoms with Crippen molar-refractivity contribution < 1.29 is 8.78 Å². The summed E-state index contributed by atoms with van der Waals surface area (Å²) in [6.07, 6.45) is 2.21. The Balaban J connectivity index is 2.78. The third-order valence-corrected chi connectivity index (χ3v) is 2.90. The fourth-order valence-corrected chi connectivity index (χ4v) is 2.00. The van der Waals surface area contributed by atoms with E-state index in [0.29, 0.717) is 11.3 Å². The van der Waals surface area contributed by atoms with Crippen LogP contribution < -0.4 is 5.32 Å². The molecule has 0 unspecified atom stereocenters. The first-order valence-corrected chi connectivity index (χ1v) is 4.87. The van der Waals surface area contributed by atoms with Crippen LogP contribution in [0.4, 0.5) is 14.5 Å². The second-order valence-corrected chi connectivity index (χ2v) is 3.99. The molecule has 80 valence electrons. The summed E-state index contributed by atoms with van der Waals surface area (Å²) in [6.45, 7) is 5.44. The van der Waals surface area contributed by atoms with Gasteiger partial charge in [0.15, 0.2) is 0 Å². The summed E-state index contributed by atoms with van der Waals surface area (Å²) in [4.78, 5) is 0. The molecule has 0 saturated heterocycles. The highest BCUT2D eigenvalue weighted by Gasteiger charge is 2.36. The lowest BCUT2D eigenvalue weighted by Gasteiger charge is -2.26. The summed E-state index contributed by atoms with van der Waals surface area (Å²) < 4.78 is 27.4. The summed E-state index contributed by atoms with van der Waals surface area (Å²) in [5.41, 5.74) is 3.09.